The number of carboxylic acid groups (broad SMARTS) is 1. The Balaban J connectivity index is 1.52. The third kappa shape index (κ3) is 4.33. The lowest BCUT2D eigenvalue weighted by Crippen LogP contribution is -2.41. The van der Waals surface area contributed by atoms with Gasteiger partial charge in [-0.2, -0.15) is 0 Å². The van der Waals surface area contributed by atoms with E-state index in [2.05, 4.69) is 18.2 Å². The molecule has 1 heterocycles. The van der Waals surface area contributed by atoms with E-state index in [1.807, 2.05) is 41.3 Å². The molecule has 0 radical (unpaired) electrons. The van der Waals surface area contributed by atoms with E-state index in [9.17, 15) is 9.59 Å². The van der Waals surface area contributed by atoms with E-state index in [1.54, 1.807) is 18.2 Å². The lowest BCUT2D eigenvalue weighted by atomic mass is 9.87. The Hall–Kier alpha value is -3.31. The molecule has 6 heteroatoms. The third-order valence-corrected chi connectivity index (χ3v) is 6.75. The summed E-state index contributed by atoms with van der Waals surface area (Å²) in [6.07, 6.45) is 1.61. The first-order chi connectivity index (χ1) is 16.0. The van der Waals surface area contributed by atoms with Gasteiger partial charge in [-0.15, -0.1) is 0 Å². The predicted octanol–water partition coefficient (Wildman–Crippen LogP) is 5.08. The van der Waals surface area contributed by atoms with Crippen LogP contribution in [0.4, 0.5) is 0 Å². The second-order valence-electron chi connectivity index (χ2n) is 8.61. The second kappa shape index (κ2) is 8.91. The van der Waals surface area contributed by atoms with Gasteiger partial charge in [0.25, 0.3) is 0 Å². The molecule has 0 aromatic heterocycles. The molecule has 5 rings (SSSR count). The fourth-order valence-electron chi connectivity index (χ4n) is 4.89. The van der Waals surface area contributed by atoms with E-state index < -0.39 is 12.6 Å². The molecule has 1 aliphatic carbocycles. The topological polar surface area (TPSA) is 66.8 Å². The number of hydrogen-bond acceptors (Lipinski definition) is 3. The molecule has 0 bridgehead atoms. The van der Waals surface area contributed by atoms with Crippen LogP contribution in [0.5, 0.6) is 5.75 Å². The monoisotopic (exact) mass is 461 g/mol. The number of nitrogens with zero attached hydrogens (tertiary/aromatic N) is 1. The zero-order valence-corrected chi connectivity index (χ0v) is 18.7. The van der Waals surface area contributed by atoms with Gasteiger partial charge in [0.2, 0.25) is 5.91 Å². The van der Waals surface area contributed by atoms with Gasteiger partial charge in [0, 0.05) is 23.0 Å². The van der Waals surface area contributed by atoms with Crippen LogP contribution in [0.2, 0.25) is 5.02 Å². The van der Waals surface area contributed by atoms with Gasteiger partial charge in [-0.1, -0.05) is 66.2 Å². The number of carbonyl (C=O) groups is 2. The van der Waals surface area contributed by atoms with Gasteiger partial charge in [0.05, 0.1) is 6.04 Å². The summed E-state index contributed by atoms with van der Waals surface area (Å²) < 4.78 is 5.62. The smallest absolute Gasteiger partial charge is 0.341 e. The maximum absolute atomic E-state index is 13.8. The van der Waals surface area contributed by atoms with Gasteiger partial charge in [-0.05, 0) is 53.6 Å². The maximum Gasteiger partial charge on any atom is 0.341 e. The lowest BCUT2D eigenvalue weighted by molar-refractivity contribution is -0.139. The van der Waals surface area contributed by atoms with Crippen molar-refractivity contribution in [2.75, 3.05) is 13.2 Å². The first-order valence-electron chi connectivity index (χ1n) is 11.1. The highest BCUT2D eigenvalue weighted by Gasteiger charge is 2.48. The zero-order chi connectivity index (χ0) is 22.9. The fraction of sp³-hybridized carbons (Fsp3) is 0.259. The summed E-state index contributed by atoms with van der Waals surface area (Å²) in [5.74, 6) is -0.331. The maximum atomic E-state index is 13.8. The van der Waals surface area contributed by atoms with Crippen molar-refractivity contribution >= 4 is 23.5 Å². The Kier molecular flexibility index (Phi) is 5.81. The molecule has 1 fully saturated rings. The van der Waals surface area contributed by atoms with Crippen molar-refractivity contribution in [2.24, 2.45) is 5.92 Å². The van der Waals surface area contributed by atoms with Crippen LogP contribution >= 0.6 is 11.6 Å². The Morgan fingerprint density at radius 2 is 1.76 bits per heavy atom. The molecule has 0 saturated heterocycles. The zero-order valence-electron chi connectivity index (χ0n) is 18.0. The van der Waals surface area contributed by atoms with Crippen molar-refractivity contribution in [1.82, 2.24) is 4.90 Å². The Bertz CT molecular complexity index is 1200. The van der Waals surface area contributed by atoms with Crippen molar-refractivity contribution in [2.45, 2.75) is 24.8 Å². The quantitative estimate of drug-likeness (QED) is 0.555. The predicted molar refractivity (Wildman–Crippen MR) is 126 cm³/mol. The van der Waals surface area contributed by atoms with Crippen molar-refractivity contribution in [1.29, 1.82) is 0 Å². The summed E-state index contributed by atoms with van der Waals surface area (Å²) in [5.41, 5.74) is 4.10. The number of carbonyl (C=O) groups excluding carboxylic acids is 1. The molecule has 5 nitrogen and oxygen atoms in total. The van der Waals surface area contributed by atoms with Gasteiger partial charge in [-0.3, -0.25) is 4.79 Å². The summed E-state index contributed by atoms with van der Waals surface area (Å²) in [6.45, 7) is 0.124. The molecule has 33 heavy (non-hydrogen) atoms. The van der Waals surface area contributed by atoms with Crippen LogP contribution in [0.1, 0.15) is 40.6 Å². The first kappa shape index (κ1) is 21.5. The normalized spacial score (nSPS) is 21.2. The number of carboxylic acids is 1. The molecule has 1 saturated carbocycles. The van der Waals surface area contributed by atoms with Crippen molar-refractivity contribution in [3.63, 3.8) is 0 Å². The molecule has 1 amide bonds. The van der Waals surface area contributed by atoms with E-state index in [0.717, 1.165) is 18.4 Å². The van der Waals surface area contributed by atoms with Gasteiger partial charge in [0.15, 0.2) is 6.61 Å². The Morgan fingerprint density at radius 1 is 1.00 bits per heavy atom. The lowest BCUT2D eigenvalue weighted by Gasteiger charge is -2.38. The van der Waals surface area contributed by atoms with Crippen LogP contribution < -0.4 is 4.74 Å². The molecule has 3 unspecified atom stereocenters. The van der Waals surface area contributed by atoms with E-state index in [4.69, 9.17) is 21.4 Å². The molecular weight excluding hydrogens is 438 g/mol. The highest BCUT2D eigenvalue weighted by Crippen LogP contribution is 2.50. The van der Waals surface area contributed by atoms with Crippen LogP contribution in [-0.2, 0) is 16.0 Å². The molecule has 2 aliphatic rings. The molecule has 3 aromatic carbocycles. The summed E-state index contributed by atoms with van der Waals surface area (Å²) in [7, 11) is 0. The van der Waals surface area contributed by atoms with Gasteiger partial charge in [-0.25, -0.2) is 4.79 Å². The SMILES string of the molecule is O=C(O)COc1ccc(Cl)cc1C1c2ccccc2CCN1C(=O)C1CC1c1ccccc1. The Morgan fingerprint density at radius 3 is 2.55 bits per heavy atom. The number of hydrogen-bond donors (Lipinski definition) is 1. The summed E-state index contributed by atoms with van der Waals surface area (Å²) in [4.78, 5) is 26.8. The fourth-order valence-corrected chi connectivity index (χ4v) is 5.07. The number of benzene rings is 3. The highest BCUT2D eigenvalue weighted by molar-refractivity contribution is 6.30. The van der Waals surface area contributed by atoms with E-state index >= 15 is 0 Å². The number of fused-ring (bicyclic) bond motifs is 1. The van der Waals surface area contributed by atoms with Crippen LogP contribution in [0.3, 0.4) is 0 Å². The molecule has 3 aromatic rings. The highest BCUT2D eigenvalue weighted by atomic mass is 35.5. The van der Waals surface area contributed by atoms with Crippen molar-refractivity contribution < 1.29 is 19.4 Å². The van der Waals surface area contributed by atoms with E-state index in [0.29, 0.717) is 22.9 Å². The largest absolute Gasteiger partial charge is 0.482 e. The minimum absolute atomic E-state index is 0.0530. The average molecular weight is 462 g/mol. The molecule has 1 N–H and O–H groups in total. The third-order valence-electron chi connectivity index (χ3n) is 6.52. The number of rotatable bonds is 6. The summed E-state index contributed by atoms with van der Waals surface area (Å²) in [6, 6.07) is 23.0. The van der Waals surface area contributed by atoms with E-state index in [1.165, 1.54) is 11.1 Å². The molecule has 1 aliphatic heterocycles. The first-order valence-corrected chi connectivity index (χ1v) is 11.5. The summed E-state index contributed by atoms with van der Waals surface area (Å²) in [5, 5.41) is 9.64. The second-order valence-corrected chi connectivity index (χ2v) is 9.04. The van der Waals surface area contributed by atoms with Crippen molar-refractivity contribution in [3.05, 3.63) is 100 Å². The average Bonchev–Trinajstić information content (AvgIpc) is 3.63. The van der Waals surface area contributed by atoms with Crippen molar-refractivity contribution in [3.8, 4) is 5.75 Å². The van der Waals surface area contributed by atoms with E-state index in [-0.39, 0.29) is 23.8 Å². The number of amides is 1. The van der Waals surface area contributed by atoms with Crippen LogP contribution in [0.25, 0.3) is 0 Å². The van der Waals surface area contributed by atoms with Crippen LogP contribution in [0, 0.1) is 5.92 Å². The minimum Gasteiger partial charge on any atom is -0.482 e. The standard InChI is InChI=1S/C27H24ClNO4/c28-19-10-11-24(33-16-25(30)31)23(14-19)26-20-9-5-4-8-18(20)12-13-29(26)27(32)22-15-21(22)17-6-2-1-3-7-17/h1-11,14,21-22,26H,12-13,15-16H2,(H,30,31). The van der Waals surface area contributed by atoms with Gasteiger partial charge >= 0.3 is 5.97 Å². The molecule has 168 valence electrons. The van der Waals surface area contributed by atoms with Gasteiger partial charge < -0.3 is 14.7 Å². The number of aliphatic carboxylic acids is 1. The minimum atomic E-state index is -1.06. The summed E-state index contributed by atoms with van der Waals surface area (Å²) >= 11 is 6.36. The molecule has 0 spiro atoms. The Labute approximate surface area is 197 Å². The number of halogens is 1. The van der Waals surface area contributed by atoms with Crippen LogP contribution in [0.15, 0.2) is 72.8 Å². The van der Waals surface area contributed by atoms with Gasteiger partial charge in [0.1, 0.15) is 5.75 Å². The number of ether oxygens (including phenoxy) is 1. The van der Waals surface area contributed by atoms with Crippen LogP contribution in [-0.4, -0.2) is 35.0 Å². The molecule has 3 atom stereocenters. The molecular formula is C27H24ClNO4.